The summed E-state index contributed by atoms with van der Waals surface area (Å²) in [5.41, 5.74) is -1.93. The molecule has 324 valence electrons. The number of Topliss-reactive ketones (excluding diaryl/α,β-unsaturated/α-hetero) is 1. The standard InChI is InChI=1S/C46H59F3N4O6Si/c1-7-45(6)43(58)51-37(30-32-25-27-33(28-26-32)46(47,48)49)42(57)53-29-17-23-38(53)41(56)50-36(40(55)52-45)22-15-10-16-24-39(54)31(2)59-60(44(3,4)5,34-18-11-8-12-19-34)35-20-13-9-14-21-35/h8-9,11-14,18-21,25-28,31,36-38H,7,10,15-17,22-24,29-30H2,1-6H3,(H,50,56)(H,51,58)(H,52,55)/t31-,36-,37?,38+,45-/m0/s1. The van der Waals surface area contributed by atoms with E-state index in [4.69, 9.17) is 4.43 Å². The van der Waals surface area contributed by atoms with E-state index in [2.05, 4.69) is 61.0 Å². The maximum absolute atomic E-state index is 14.1. The first kappa shape index (κ1) is 46.2. The van der Waals surface area contributed by atoms with E-state index in [9.17, 15) is 37.1 Å². The van der Waals surface area contributed by atoms with Gasteiger partial charge in [0.15, 0.2) is 5.78 Å². The van der Waals surface area contributed by atoms with Crippen LogP contribution in [-0.4, -0.2) is 78.9 Å². The molecule has 1 unspecified atom stereocenters. The Morgan fingerprint density at radius 2 is 1.45 bits per heavy atom. The fraction of sp³-hybridized carbons (Fsp3) is 0.500. The van der Waals surface area contributed by atoms with E-state index in [0.717, 1.165) is 22.5 Å². The number of nitrogens with zero attached hydrogens (tertiary/aromatic N) is 1. The zero-order valence-corrected chi connectivity index (χ0v) is 36.5. The first-order valence-electron chi connectivity index (χ1n) is 21.0. The molecule has 4 amide bonds. The van der Waals surface area contributed by atoms with Crippen LogP contribution in [0, 0.1) is 0 Å². The summed E-state index contributed by atoms with van der Waals surface area (Å²) in [6.07, 6.45) is -2.20. The summed E-state index contributed by atoms with van der Waals surface area (Å²) in [6, 6.07) is 21.5. The maximum Gasteiger partial charge on any atom is 0.416 e. The van der Waals surface area contributed by atoms with Gasteiger partial charge in [0, 0.05) is 19.4 Å². The molecule has 3 N–H and O–H groups in total. The summed E-state index contributed by atoms with van der Waals surface area (Å²) in [5.74, 6) is -2.23. The van der Waals surface area contributed by atoms with Crippen molar-refractivity contribution in [1.82, 2.24) is 20.9 Å². The normalized spacial score (nSPS) is 22.5. The Morgan fingerprint density at radius 1 is 0.850 bits per heavy atom. The molecular weight excluding hydrogens is 790 g/mol. The van der Waals surface area contributed by atoms with Gasteiger partial charge in [0.05, 0.1) is 5.56 Å². The number of carbonyl (C=O) groups is 5. The van der Waals surface area contributed by atoms with E-state index in [1.165, 1.54) is 24.0 Å². The number of ketones is 1. The Kier molecular flexibility index (Phi) is 14.8. The molecule has 5 atom stereocenters. The van der Waals surface area contributed by atoms with Gasteiger partial charge in [0.25, 0.3) is 8.32 Å². The lowest BCUT2D eigenvalue weighted by Crippen LogP contribution is -2.68. The van der Waals surface area contributed by atoms with Crippen molar-refractivity contribution in [3.8, 4) is 0 Å². The first-order valence-corrected chi connectivity index (χ1v) is 22.9. The molecule has 2 aliphatic rings. The number of halogens is 3. The van der Waals surface area contributed by atoms with E-state index in [1.807, 2.05) is 43.3 Å². The molecule has 0 saturated carbocycles. The van der Waals surface area contributed by atoms with Gasteiger partial charge >= 0.3 is 6.18 Å². The smallest absolute Gasteiger partial charge is 0.398 e. The van der Waals surface area contributed by atoms with Gasteiger partial charge in [-0.05, 0) is 79.1 Å². The van der Waals surface area contributed by atoms with Crippen molar-refractivity contribution in [2.45, 2.75) is 140 Å². The number of benzene rings is 3. The summed E-state index contributed by atoms with van der Waals surface area (Å²) in [5, 5.41) is 10.3. The van der Waals surface area contributed by atoms with Crippen LogP contribution in [0.4, 0.5) is 13.2 Å². The van der Waals surface area contributed by atoms with Gasteiger partial charge in [0.2, 0.25) is 23.6 Å². The number of fused-ring (bicyclic) bond motifs is 1. The molecule has 2 heterocycles. The third-order valence-corrected chi connectivity index (χ3v) is 17.2. The molecule has 3 aromatic carbocycles. The summed E-state index contributed by atoms with van der Waals surface area (Å²) in [7, 11) is -2.95. The van der Waals surface area contributed by atoms with Crippen molar-refractivity contribution in [3.05, 3.63) is 96.1 Å². The topological polar surface area (TPSA) is 134 Å². The summed E-state index contributed by atoms with van der Waals surface area (Å²) >= 11 is 0. The van der Waals surface area contributed by atoms with Crippen LogP contribution in [0.5, 0.6) is 0 Å². The van der Waals surface area contributed by atoms with Crippen LogP contribution >= 0.6 is 0 Å². The van der Waals surface area contributed by atoms with Gasteiger partial charge in [-0.1, -0.05) is 113 Å². The van der Waals surface area contributed by atoms with Crippen LogP contribution in [0.1, 0.15) is 104 Å². The summed E-state index contributed by atoms with van der Waals surface area (Å²) in [4.78, 5) is 70.7. The maximum atomic E-state index is 14.1. The molecule has 0 aromatic heterocycles. The van der Waals surface area contributed by atoms with Gasteiger partial charge in [-0.2, -0.15) is 13.2 Å². The van der Waals surface area contributed by atoms with Crippen LogP contribution < -0.4 is 26.3 Å². The van der Waals surface area contributed by atoms with Crippen LogP contribution in [0.15, 0.2) is 84.9 Å². The first-order chi connectivity index (χ1) is 28.3. The number of unbranched alkanes of at least 4 members (excludes halogenated alkanes) is 2. The summed E-state index contributed by atoms with van der Waals surface area (Å²) in [6.45, 7) is 11.8. The molecule has 0 spiro atoms. The van der Waals surface area contributed by atoms with E-state index < -0.39 is 73.5 Å². The minimum Gasteiger partial charge on any atom is -0.398 e. The Bertz CT molecular complexity index is 1940. The average molecular weight is 849 g/mol. The Hall–Kier alpha value is -4.82. The number of alkyl halides is 3. The fourth-order valence-corrected chi connectivity index (χ4v) is 13.0. The molecule has 0 aliphatic carbocycles. The molecule has 5 rings (SSSR count). The Morgan fingerprint density at radius 3 is 2.00 bits per heavy atom. The van der Waals surface area contributed by atoms with Gasteiger partial charge in [0.1, 0.15) is 29.8 Å². The van der Waals surface area contributed by atoms with Crippen molar-refractivity contribution in [2.75, 3.05) is 6.54 Å². The molecule has 60 heavy (non-hydrogen) atoms. The molecule has 2 aliphatic heterocycles. The molecule has 0 bridgehead atoms. The zero-order chi connectivity index (χ0) is 43.9. The van der Waals surface area contributed by atoms with Crippen LogP contribution in [-0.2, 0) is 41.0 Å². The minimum absolute atomic E-state index is 0.0209. The molecule has 0 radical (unpaired) electrons. The Labute approximate surface area is 352 Å². The number of nitrogens with one attached hydrogen (secondary N) is 3. The fourth-order valence-electron chi connectivity index (χ4n) is 8.34. The third kappa shape index (κ3) is 10.5. The molecule has 3 aromatic rings. The third-order valence-electron chi connectivity index (χ3n) is 12.0. The highest BCUT2D eigenvalue weighted by Gasteiger charge is 2.51. The molecular formula is C46H59F3N4O6Si. The molecule has 14 heteroatoms. The van der Waals surface area contributed by atoms with Crippen molar-refractivity contribution < 1.29 is 41.6 Å². The second-order valence-corrected chi connectivity index (χ2v) is 21.6. The largest absolute Gasteiger partial charge is 0.416 e. The van der Waals surface area contributed by atoms with E-state index >= 15 is 0 Å². The SMILES string of the molecule is CC[C@]1(C)NC(=O)[C@H](CCCCCC(=O)[C@H](C)O[Si](c2ccccc2)(c2ccccc2)C(C)(C)C)NC(=O)[C@H]2CCCN2C(=O)C(Cc2ccc(C(F)(F)F)cc2)NC1=O. The van der Waals surface area contributed by atoms with Crippen molar-refractivity contribution >= 4 is 48.1 Å². The quantitative estimate of drug-likeness (QED) is 0.135. The highest BCUT2D eigenvalue weighted by molar-refractivity contribution is 6.99. The van der Waals surface area contributed by atoms with Gasteiger partial charge < -0.3 is 25.3 Å². The second-order valence-electron chi connectivity index (χ2n) is 17.3. The van der Waals surface area contributed by atoms with Gasteiger partial charge in [-0.15, -0.1) is 0 Å². The van der Waals surface area contributed by atoms with Crippen molar-refractivity contribution in [1.29, 1.82) is 0 Å². The predicted octanol–water partition coefficient (Wildman–Crippen LogP) is 5.99. The molecule has 10 nitrogen and oxygen atoms in total. The monoisotopic (exact) mass is 848 g/mol. The molecule has 2 saturated heterocycles. The zero-order valence-electron chi connectivity index (χ0n) is 35.5. The Balaban J connectivity index is 1.25. The van der Waals surface area contributed by atoms with Crippen LogP contribution in [0.25, 0.3) is 0 Å². The second kappa shape index (κ2) is 19.3. The van der Waals surface area contributed by atoms with E-state index in [0.29, 0.717) is 37.7 Å². The number of hydrogen-bond acceptors (Lipinski definition) is 6. The van der Waals surface area contributed by atoms with E-state index in [-0.39, 0.29) is 43.0 Å². The number of carbonyl (C=O) groups excluding carboxylic acids is 5. The van der Waals surface area contributed by atoms with E-state index in [1.54, 1.807) is 6.92 Å². The van der Waals surface area contributed by atoms with Crippen molar-refractivity contribution in [2.24, 2.45) is 0 Å². The lowest BCUT2D eigenvalue weighted by molar-refractivity contribution is -0.144. The summed E-state index contributed by atoms with van der Waals surface area (Å²) < 4.78 is 46.7. The van der Waals surface area contributed by atoms with Crippen LogP contribution in [0.2, 0.25) is 5.04 Å². The van der Waals surface area contributed by atoms with Crippen molar-refractivity contribution in [3.63, 3.8) is 0 Å². The minimum atomic E-state index is -4.54. The van der Waals surface area contributed by atoms with Gasteiger partial charge in [-0.25, -0.2) is 0 Å². The average Bonchev–Trinajstić information content (AvgIpc) is 3.71. The lowest BCUT2D eigenvalue weighted by atomic mass is 9.94. The predicted molar refractivity (Wildman–Crippen MR) is 227 cm³/mol. The highest BCUT2D eigenvalue weighted by atomic mass is 28.4. The van der Waals surface area contributed by atoms with Crippen LogP contribution in [0.3, 0.4) is 0 Å². The number of amides is 4. The highest BCUT2D eigenvalue weighted by Crippen LogP contribution is 2.38. The molecule has 2 fully saturated rings. The number of rotatable bonds is 14. The van der Waals surface area contributed by atoms with Gasteiger partial charge in [-0.3, -0.25) is 24.0 Å². The number of hydrogen-bond donors (Lipinski definition) is 3. The lowest BCUT2D eigenvalue weighted by Gasteiger charge is -2.44.